The van der Waals surface area contributed by atoms with Crippen LogP contribution in [0, 0.1) is 0 Å². The third kappa shape index (κ3) is 5.90. The average Bonchev–Trinajstić information content (AvgIpc) is 3.16. The molecule has 1 aliphatic rings. The van der Waals surface area contributed by atoms with Crippen molar-refractivity contribution in [2.24, 2.45) is 4.99 Å². The third-order valence-corrected chi connectivity index (χ3v) is 4.79. The van der Waals surface area contributed by atoms with Crippen LogP contribution in [0.5, 0.6) is 0 Å². The van der Waals surface area contributed by atoms with Gasteiger partial charge in [-0.25, -0.2) is 19.9 Å². The Morgan fingerprint density at radius 2 is 1.89 bits per heavy atom. The summed E-state index contributed by atoms with van der Waals surface area (Å²) in [6.07, 6.45) is -0.994. The van der Waals surface area contributed by atoms with Crippen molar-refractivity contribution in [1.82, 2.24) is 25.2 Å². The fourth-order valence-corrected chi connectivity index (χ4v) is 3.38. The maximum atomic E-state index is 12.7. The van der Waals surface area contributed by atoms with E-state index >= 15 is 0 Å². The summed E-state index contributed by atoms with van der Waals surface area (Å²) in [6.45, 7) is 5.66. The highest BCUT2D eigenvalue weighted by atomic mass is 127. The fourth-order valence-electron chi connectivity index (χ4n) is 2.65. The zero-order chi connectivity index (χ0) is 19.3. The zero-order valence-electron chi connectivity index (χ0n) is 15.2. The number of guanidine groups is 1. The van der Waals surface area contributed by atoms with Crippen LogP contribution in [-0.4, -0.2) is 58.5 Å². The van der Waals surface area contributed by atoms with Gasteiger partial charge in [0.2, 0.25) is 5.95 Å². The van der Waals surface area contributed by atoms with Crippen LogP contribution in [0.2, 0.25) is 0 Å². The van der Waals surface area contributed by atoms with Gasteiger partial charge in [0.1, 0.15) is 5.01 Å². The molecule has 0 bridgehead atoms. The first kappa shape index (κ1) is 22.6. The molecular weight excluding hydrogens is 506 g/mol. The summed E-state index contributed by atoms with van der Waals surface area (Å²) in [7, 11) is 0. The van der Waals surface area contributed by atoms with Gasteiger partial charge in [0, 0.05) is 50.5 Å². The van der Waals surface area contributed by atoms with Gasteiger partial charge >= 0.3 is 6.18 Å². The van der Waals surface area contributed by atoms with Crippen LogP contribution in [-0.2, 0) is 12.7 Å². The van der Waals surface area contributed by atoms with Gasteiger partial charge < -0.3 is 15.1 Å². The van der Waals surface area contributed by atoms with Crippen molar-refractivity contribution in [1.29, 1.82) is 0 Å². The summed E-state index contributed by atoms with van der Waals surface area (Å²) < 4.78 is 38.0. The lowest BCUT2D eigenvalue weighted by atomic mass is 10.3. The van der Waals surface area contributed by atoms with Gasteiger partial charge in [0.15, 0.2) is 11.7 Å². The molecule has 3 heterocycles. The minimum Gasteiger partial charge on any atom is -0.357 e. The Morgan fingerprint density at radius 3 is 2.46 bits per heavy atom. The Balaban J connectivity index is 0.00000280. The van der Waals surface area contributed by atoms with Gasteiger partial charge in [-0.05, 0) is 13.0 Å². The number of alkyl halides is 3. The number of aliphatic imine (C=N–C) groups is 1. The van der Waals surface area contributed by atoms with E-state index in [1.165, 1.54) is 0 Å². The van der Waals surface area contributed by atoms with E-state index in [1.54, 1.807) is 18.5 Å². The largest absolute Gasteiger partial charge is 0.434 e. The van der Waals surface area contributed by atoms with Crippen molar-refractivity contribution < 1.29 is 13.2 Å². The number of thiazole rings is 1. The summed E-state index contributed by atoms with van der Waals surface area (Å²) in [6, 6.07) is 1.78. The van der Waals surface area contributed by atoms with Crippen LogP contribution in [0.4, 0.5) is 19.1 Å². The number of nitrogens with zero attached hydrogens (tertiary/aromatic N) is 6. The van der Waals surface area contributed by atoms with E-state index in [-0.39, 0.29) is 30.5 Å². The number of rotatable bonds is 4. The van der Waals surface area contributed by atoms with Gasteiger partial charge in [-0.1, -0.05) is 0 Å². The molecule has 0 aromatic carbocycles. The molecule has 1 fully saturated rings. The maximum Gasteiger partial charge on any atom is 0.434 e. The Bertz CT molecular complexity index is 761. The number of anilines is 1. The van der Waals surface area contributed by atoms with Crippen molar-refractivity contribution in [2.45, 2.75) is 19.6 Å². The molecule has 28 heavy (non-hydrogen) atoms. The molecule has 1 N–H and O–H groups in total. The van der Waals surface area contributed by atoms with Crippen LogP contribution in [0.25, 0.3) is 0 Å². The number of nitrogens with one attached hydrogen (secondary N) is 1. The van der Waals surface area contributed by atoms with Crippen LogP contribution >= 0.6 is 35.3 Å². The molecule has 154 valence electrons. The lowest BCUT2D eigenvalue weighted by Crippen LogP contribution is -2.52. The van der Waals surface area contributed by atoms with Crippen LogP contribution in [0.3, 0.4) is 0 Å². The molecule has 0 amide bonds. The van der Waals surface area contributed by atoms with E-state index in [4.69, 9.17) is 0 Å². The Kier molecular flexibility index (Phi) is 8.22. The molecule has 2 aromatic heterocycles. The average molecular weight is 527 g/mol. The molecule has 0 saturated carbocycles. The van der Waals surface area contributed by atoms with Crippen molar-refractivity contribution in [2.75, 3.05) is 37.6 Å². The van der Waals surface area contributed by atoms with E-state index in [2.05, 4.69) is 35.1 Å². The standard InChI is InChI=1S/C16H20F3N7S.HI/c1-2-20-14(23-10-13-24-12(11-27-13)16(17,18)19)25-6-8-26(9-7-25)15-21-4-3-5-22-15;/h3-5,11H,2,6-10H2,1H3,(H,20,23);1H. The van der Waals surface area contributed by atoms with Gasteiger partial charge in [-0.2, -0.15) is 13.2 Å². The van der Waals surface area contributed by atoms with E-state index in [0.29, 0.717) is 23.5 Å². The molecule has 1 saturated heterocycles. The summed E-state index contributed by atoms with van der Waals surface area (Å²) in [4.78, 5) is 20.8. The predicted octanol–water partition coefficient (Wildman–Crippen LogP) is 2.86. The van der Waals surface area contributed by atoms with Gasteiger partial charge in [-0.3, -0.25) is 0 Å². The van der Waals surface area contributed by atoms with Crippen molar-refractivity contribution in [3.05, 3.63) is 34.5 Å². The van der Waals surface area contributed by atoms with Crippen molar-refractivity contribution >= 4 is 47.2 Å². The van der Waals surface area contributed by atoms with Crippen LogP contribution in [0.1, 0.15) is 17.6 Å². The molecule has 1 aliphatic heterocycles. The molecule has 12 heteroatoms. The zero-order valence-corrected chi connectivity index (χ0v) is 18.3. The van der Waals surface area contributed by atoms with Gasteiger partial charge in [-0.15, -0.1) is 35.3 Å². The maximum absolute atomic E-state index is 12.7. The second-order valence-electron chi connectivity index (χ2n) is 5.82. The van der Waals surface area contributed by atoms with E-state index in [1.807, 2.05) is 6.92 Å². The molecule has 2 aromatic rings. The highest BCUT2D eigenvalue weighted by Gasteiger charge is 2.33. The number of halogens is 4. The quantitative estimate of drug-likeness (QED) is 0.375. The summed E-state index contributed by atoms with van der Waals surface area (Å²) in [5.41, 5.74) is -0.862. The van der Waals surface area contributed by atoms with Crippen LogP contribution in [0.15, 0.2) is 28.8 Å². The lowest BCUT2D eigenvalue weighted by molar-refractivity contribution is -0.140. The molecule has 0 aliphatic carbocycles. The van der Waals surface area contributed by atoms with E-state index in [0.717, 1.165) is 42.9 Å². The minimum atomic E-state index is -4.42. The first-order valence-electron chi connectivity index (χ1n) is 8.54. The predicted molar refractivity (Wildman–Crippen MR) is 113 cm³/mol. The molecule has 0 radical (unpaired) electrons. The molecule has 0 atom stereocenters. The third-order valence-electron chi connectivity index (χ3n) is 3.96. The topological polar surface area (TPSA) is 69.5 Å². The minimum absolute atomic E-state index is 0. The second-order valence-corrected chi connectivity index (χ2v) is 6.76. The number of aromatic nitrogens is 3. The first-order chi connectivity index (χ1) is 13.0. The second kappa shape index (κ2) is 10.2. The number of hydrogen-bond donors (Lipinski definition) is 1. The highest BCUT2D eigenvalue weighted by Crippen LogP contribution is 2.30. The Hall–Kier alpha value is -1.70. The fraction of sp³-hybridized carbons (Fsp3) is 0.500. The van der Waals surface area contributed by atoms with Crippen LogP contribution < -0.4 is 10.2 Å². The number of piperazine rings is 1. The molecule has 0 unspecified atom stereocenters. The normalized spacial score (nSPS) is 15.4. The van der Waals surface area contributed by atoms with E-state index in [9.17, 15) is 13.2 Å². The summed E-state index contributed by atoms with van der Waals surface area (Å²) in [5.74, 6) is 1.37. The molecular formula is C16H21F3IN7S. The smallest absolute Gasteiger partial charge is 0.357 e. The lowest BCUT2D eigenvalue weighted by Gasteiger charge is -2.36. The SMILES string of the molecule is CCNC(=NCc1nc(C(F)(F)F)cs1)N1CCN(c2ncccn2)CC1.I. The number of hydrogen-bond acceptors (Lipinski definition) is 6. The summed E-state index contributed by atoms with van der Waals surface area (Å²) >= 11 is 0.972. The Labute approximate surface area is 182 Å². The van der Waals surface area contributed by atoms with E-state index < -0.39 is 11.9 Å². The molecule has 0 spiro atoms. The van der Waals surface area contributed by atoms with Crippen molar-refractivity contribution in [3.8, 4) is 0 Å². The monoisotopic (exact) mass is 527 g/mol. The Morgan fingerprint density at radius 1 is 1.21 bits per heavy atom. The van der Waals surface area contributed by atoms with Gasteiger partial charge in [0.05, 0.1) is 6.54 Å². The first-order valence-corrected chi connectivity index (χ1v) is 9.42. The molecule has 7 nitrogen and oxygen atoms in total. The van der Waals surface area contributed by atoms with Crippen molar-refractivity contribution in [3.63, 3.8) is 0 Å². The summed E-state index contributed by atoms with van der Waals surface area (Å²) in [5, 5.41) is 4.56. The highest BCUT2D eigenvalue weighted by molar-refractivity contribution is 14.0. The van der Waals surface area contributed by atoms with Gasteiger partial charge in [0.25, 0.3) is 0 Å². The molecule has 3 rings (SSSR count).